The van der Waals surface area contributed by atoms with Gasteiger partial charge in [-0.15, -0.1) is 5.10 Å². The van der Waals surface area contributed by atoms with Crippen LogP contribution in [0.2, 0.25) is 0 Å². The Morgan fingerprint density at radius 3 is 2.80 bits per heavy atom. The van der Waals surface area contributed by atoms with Gasteiger partial charge in [-0.2, -0.15) is 0 Å². The summed E-state index contributed by atoms with van der Waals surface area (Å²) in [4.78, 5) is 12.4. The van der Waals surface area contributed by atoms with Gasteiger partial charge >= 0.3 is 0 Å². The SMILES string of the molecule is NC(Cn1nnc2ccccc2c1=O)C1CCCCC1. The van der Waals surface area contributed by atoms with E-state index in [2.05, 4.69) is 10.3 Å². The Bertz CT molecular complexity index is 646. The van der Waals surface area contributed by atoms with Gasteiger partial charge in [0.1, 0.15) is 5.52 Å². The number of nitrogens with zero attached hydrogens (tertiary/aromatic N) is 3. The molecule has 5 heteroatoms. The molecule has 1 aliphatic rings. The Balaban J connectivity index is 1.83. The molecular weight excluding hydrogens is 252 g/mol. The Morgan fingerprint density at radius 1 is 1.25 bits per heavy atom. The van der Waals surface area contributed by atoms with Crippen LogP contribution in [0.25, 0.3) is 10.9 Å². The molecule has 5 nitrogen and oxygen atoms in total. The van der Waals surface area contributed by atoms with Crippen LogP contribution in [0.1, 0.15) is 32.1 Å². The second-order valence-corrected chi connectivity index (χ2v) is 5.66. The molecule has 0 radical (unpaired) electrons. The van der Waals surface area contributed by atoms with Gasteiger partial charge in [0.05, 0.1) is 11.9 Å². The summed E-state index contributed by atoms with van der Waals surface area (Å²) in [6.45, 7) is 0.460. The van der Waals surface area contributed by atoms with Crippen molar-refractivity contribution in [2.24, 2.45) is 11.7 Å². The van der Waals surface area contributed by atoms with Crippen molar-refractivity contribution in [3.05, 3.63) is 34.6 Å². The predicted octanol–water partition coefficient (Wildman–Crippen LogP) is 1.70. The molecule has 1 aromatic heterocycles. The highest BCUT2D eigenvalue weighted by molar-refractivity contribution is 5.76. The molecule has 1 aliphatic carbocycles. The molecule has 0 aliphatic heterocycles. The van der Waals surface area contributed by atoms with E-state index < -0.39 is 0 Å². The summed E-state index contributed by atoms with van der Waals surface area (Å²) < 4.78 is 1.42. The number of rotatable bonds is 3. The second kappa shape index (κ2) is 5.71. The van der Waals surface area contributed by atoms with Gasteiger partial charge in [0, 0.05) is 6.04 Å². The topological polar surface area (TPSA) is 73.8 Å². The van der Waals surface area contributed by atoms with E-state index in [1.807, 2.05) is 12.1 Å². The lowest BCUT2D eigenvalue weighted by atomic mass is 9.84. The van der Waals surface area contributed by atoms with Crippen LogP contribution in [0.4, 0.5) is 0 Å². The molecule has 1 fully saturated rings. The van der Waals surface area contributed by atoms with Crippen LogP contribution < -0.4 is 11.3 Å². The maximum absolute atomic E-state index is 12.4. The zero-order chi connectivity index (χ0) is 13.9. The first-order valence-electron chi connectivity index (χ1n) is 7.34. The number of hydrogen-bond acceptors (Lipinski definition) is 4. The second-order valence-electron chi connectivity index (χ2n) is 5.66. The molecule has 106 valence electrons. The average Bonchev–Trinajstić information content (AvgIpc) is 2.51. The third-order valence-corrected chi connectivity index (χ3v) is 4.27. The minimum atomic E-state index is -0.0955. The molecule has 0 bridgehead atoms. The van der Waals surface area contributed by atoms with Crippen molar-refractivity contribution in [2.45, 2.75) is 44.7 Å². The summed E-state index contributed by atoms with van der Waals surface area (Å²) in [6.07, 6.45) is 6.13. The normalized spacial score (nSPS) is 18.2. The van der Waals surface area contributed by atoms with Crippen molar-refractivity contribution in [1.82, 2.24) is 15.0 Å². The zero-order valence-electron chi connectivity index (χ0n) is 11.5. The fourth-order valence-electron chi connectivity index (χ4n) is 3.05. The molecule has 1 unspecified atom stereocenters. The van der Waals surface area contributed by atoms with Gasteiger partial charge in [0.2, 0.25) is 0 Å². The van der Waals surface area contributed by atoms with Crippen LogP contribution in [0, 0.1) is 5.92 Å². The minimum Gasteiger partial charge on any atom is -0.326 e. The smallest absolute Gasteiger partial charge is 0.277 e. The van der Waals surface area contributed by atoms with Gasteiger partial charge in [-0.1, -0.05) is 36.6 Å². The van der Waals surface area contributed by atoms with Crippen LogP contribution >= 0.6 is 0 Å². The highest BCUT2D eigenvalue weighted by Gasteiger charge is 2.21. The quantitative estimate of drug-likeness (QED) is 0.923. The van der Waals surface area contributed by atoms with Crippen molar-refractivity contribution < 1.29 is 0 Å². The number of aromatic nitrogens is 3. The van der Waals surface area contributed by atoms with E-state index in [-0.39, 0.29) is 11.6 Å². The van der Waals surface area contributed by atoms with E-state index in [0.29, 0.717) is 23.4 Å². The van der Waals surface area contributed by atoms with Crippen molar-refractivity contribution >= 4 is 10.9 Å². The Morgan fingerprint density at radius 2 is 2.00 bits per heavy atom. The van der Waals surface area contributed by atoms with E-state index in [0.717, 1.165) is 12.8 Å². The molecular formula is C15H20N4O. The lowest BCUT2D eigenvalue weighted by molar-refractivity contribution is 0.275. The van der Waals surface area contributed by atoms with Crippen molar-refractivity contribution in [3.8, 4) is 0 Å². The van der Waals surface area contributed by atoms with Gasteiger partial charge in [0.25, 0.3) is 5.56 Å². The van der Waals surface area contributed by atoms with Gasteiger partial charge in [-0.05, 0) is 30.9 Å². The van der Waals surface area contributed by atoms with E-state index >= 15 is 0 Å². The summed E-state index contributed by atoms with van der Waals surface area (Å²) in [5.74, 6) is 0.504. The molecule has 0 spiro atoms. The van der Waals surface area contributed by atoms with Gasteiger partial charge in [-0.3, -0.25) is 4.79 Å². The third-order valence-electron chi connectivity index (χ3n) is 4.27. The molecule has 1 saturated carbocycles. The minimum absolute atomic E-state index is 0.0107. The Hall–Kier alpha value is -1.75. The van der Waals surface area contributed by atoms with E-state index in [9.17, 15) is 4.79 Å². The summed E-state index contributed by atoms with van der Waals surface area (Å²) in [6, 6.07) is 7.28. The molecule has 1 heterocycles. The van der Waals surface area contributed by atoms with Crippen LogP contribution in [-0.4, -0.2) is 21.0 Å². The molecule has 0 amide bonds. The van der Waals surface area contributed by atoms with Crippen LogP contribution in [-0.2, 0) is 6.54 Å². The largest absolute Gasteiger partial charge is 0.326 e. The van der Waals surface area contributed by atoms with Crippen molar-refractivity contribution in [2.75, 3.05) is 0 Å². The van der Waals surface area contributed by atoms with Crippen LogP contribution in [0.5, 0.6) is 0 Å². The lowest BCUT2D eigenvalue weighted by Crippen LogP contribution is -2.39. The highest BCUT2D eigenvalue weighted by atomic mass is 16.1. The molecule has 1 atom stereocenters. The molecule has 2 aromatic rings. The van der Waals surface area contributed by atoms with Crippen molar-refractivity contribution in [3.63, 3.8) is 0 Å². The molecule has 3 rings (SSSR count). The maximum atomic E-state index is 12.4. The average molecular weight is 272 g/mol. The first kappa shape index (κ1) is 13.2. The first-order valence-corrected chi connectivity index (χ1v) is 7.34. The number of fused-ring (bicyclic) bond motifs is 1. The van der Waals surface area contributed by atoms with Crippen molar-refractivity contribution in [1.29, 1.82) is 0 Å². The third kappa shape index (κ3) is 2.58. The summed E-state index contributed by atoms with van der Waals surface area (Å²) >= 11 is 0. The number of hydrogen-bond donors (Lipinski definition) is 1. The Labute approximate surface area is 117 Å². The van der Waals surface area contributed by atoms with Gasteiger partial charge < -0.3 is 5.73 Å². The monoisotopic (exact) mass is 272 g/mol. The summed E-state index contributed by atoms with van der Waals surface area (Å²) in [5.41, 5.74) is 6.81. The fraction of sp³-hybridized carbons (Fsp3) is 0.533. The van der Waals surface area contributed by atoms with Gasteiger partial charge in [-0.25, -0.2) is 4.68 Å². The molecule has 2 N–H and O–H groups in total. The van der Waals surface area contributed by atoms with E-state index in [1.165, 1.54) is 23.9 Å². The van der Waals surface area contributed by atoms with Gasteiger partial charge in [0.15, 0.2) is 0 Å². The Kier molecular flexibility index (Phi) is 3.78. The first-order chi connectivity index (χ1) is 9.75. The zero-order valence-corrected chi connectivity index (χ0v) is 11.5. The van der Waals surface area contributed by atoms with E-state index in [1.54, 1.807) is 12.1 Å². The molecule has 0 saturated heterocycles. The predicted molar refractivity (Wildman–Crippen MR) is 78.3 cm³/mol. The number of nitrogens with two attached hydrogens (primary N) is 1. The van der Waals surface area contributed by atoms with Crippen LogP contribution in [0.15, 0.2) is 29.1 Å². The molecule has 1 aromatic carbocycles. The van der Waals surface area contributed by atoms with Crippen LogP contribution in [0.3, 0.4) is 0 Å². The fourth-order valence-corrected chi connectivity index (χ4v) is 3.05. The summed E-state index contributed by atoms with van der Waals surface area (Å²) in [7, 11) is 0. The van der Waals surface area contributed by atoms with E-state index in [4.69, 9.17) is 5.73 Å². The molecule has 20 heavy (non-hydrogen) atoms. The lowest BCUT2D eigenvalue weighted by Gasteiger charge is -2.27. The highest BCUT2D eigenvalue weighted by Crippen LogP contribution is 2.25. The summed E-state index contributed by atoms with van der Waals surface area (Å²) in [5, 5.41) is 8.72. The maximum Gasteiger partial charge on any atom is 0.277 e. The standard InChI is InChI=1S/C15H20N4O/c16-13(11-6-2-1-3-7-11)10-19-15(20)12-8-4-5-9-14(12)17-18-19/h4-5,8-9,11,13H,1-3,6-7,10,16H2. The number of benzene rings is 1.